The topological polar surface area (TPSA) is 26.0 Å². The number of hydrogen-bond donors (Lipinski definition) is 1. The van der Waals surface area contributed by atoms with Crippen LogP contribution in [0.5, 0.6) is 0 Å². The summed E-state index contributed by atoms with van der Waals surface area (Å²) in [7, 11) is 0. The first kappa shape index (κ1) is 11.7. The molecule has 1 aliphatic carbocycles. The van der Waals surface area contributed by atoms with Gasteiger partial charge in [0.15, 0.2) is 0 Å². The fourth-order valence-electron chi connectivity index (χ4n) is 2.72. The van der Waals surface area contributed by atoms with Crippen LogP contribution >= 0.6 is 0 Å². The van der Waals surface area contributed by atoms with Crippen molar-refractivity contribution in [1.82, 2.24) is 0 Å². The van der Waals surface area contributed by atoms with Gasteiger partial charge in [0.05, 0.1) is 0 Å². The molecule has 1 fully saturated rings. The molecule has 0 bridgehead atoms. The van der Waals surface area contributed by atoms with E-state index in [1.165, 1.54) is 56.1 Å². The molecular formula is C15H23N. The minimum Gasteiger partial charge on any atom is -0.326 e. The molecule has 16 heavy (non-hydrogen) atoms. The first-order valence-electron chi connectivity index (χ1n) is 6.69. The third kappa shape index (κ3) is 3.08. The predicted molar refractivity (Wildman–Crippen MR) is 69.4 cm³/mol. The van der Waals surface area contributed by atoms with E-state index >= 15 is 0 Å². The van der Waals surface area contributed by atoms with Crippen molar-refractivity contribution >= 4 is 0 Å². The highest BCUT2D eigenvalue weighted by Gasteiger charge is 2.13. The van der Waals surface area contributed by atoms with Crippen LogP contribution in [-0.4, -0.2) is 0 Å². The maximum absolute atomic E-state index is 5.62. The van der Waals surface area contributed by atoms with E-state index in [0.717, 1.165) is 5.92 Å². The van der Waals surface area contributed by atoms with Crippen LogP contribution in [0.3, 0.4) is 0 Å². The van der Waals surface area contributed by atoms with Gasteiger partial charge in [0.2, 0.25) is 0 Å². The van der Waals surface area contributed by atoms with E-state index in [1.54, 1.807) is 0 Å². The minimum absolute atomic E-state index is 0.658. The summed E-state index contributed by atoms with van der Waals surface area (Å²) < 4.78 is 0. The summed E-state index contributed by atoms with van der Waals surface area (Å²) >= 11 is 0. The van der Waals surface area contributed by atoms with Gasteiger partial charge in [0, 0.05) is 6.54 Å². The van der Waals surface area contributed by atoms with Crippen molar-refractivity contribution in [3.63, 3.8) is 0 Å². The number of rotatable bonds is 2. The van der Waals surface area contributed by atoms with Gasteiger partial charge in [0.1, 0.15) is 0 Å². The molecule has 2 rings (SSSR count). The summed E-state index contributed by atoms with van der Waals surface area (Å²) in [5, 5.41) is 0. The Labute approximate surface area is 99.0 Å². The van der Waals surface area contributed by atoms with E-state index in [9.17, 15) is 0 Å². The third-order valence-corrected chi connectivity index (χ3v) is 3.79. The summed E-state index contributed by atoms with van der Waals surface area (Å²) in [6, 6.07) is 8.95. The second-order valence-corrected chi connectivity index (χ2v) is 4.99. The second kappa shape index (κ2) is 6.05. The van der Waals surface area contributed by atoms with Crippen molar-refractivity contribution in [1.29, 1.82) is 0 Å². The van der Waals surface area contributed by atoms with E-state index in [2.05, 4.69) is 24.3 Å². The van der Waals surface area contributed by atoms with Crippen LogP contribution in [-0.2, 0) is 6.54 Å². The van der Waals surface area contributed by atoms with Crippen molar-refractivity contribution in [2.45, 2.75) is 57.4 Å². The van der Waals surface area contributed by atoms with Crippen LogP contribution in [0.25, 0.3) is 0 Å². The maximum Gasteiger partial charge on any atom is 0.0178 e. The van der Waals surface area contributed by atoms with Crippen LogP contribution < -0.4 is 5.73 Å². The molecule has 88 valence electrons. The van der Waals surface area contributed by atoms with Crippen molar-refractivity contribution < 1.29 is 0 Å². The maximum atomic E-state index is 5.62. The first-order chi connectivity index (χ1) is 7.90. The Hall–Kier alpha value is -0.820. The molecular weight excluding hydrogens is 194 g/mol. The van der Waals surface area contributed by atoms with Crippen LogP contribution in [0.1, 0.15) is 62.0 Å². The Kier molecular flexibility index (Phi) is 4.41. The molecule has 0 spiro atoms. The normalized spacial score (nSPS) is 19.1. The Morgan fingerprint density at radius 2 is 1.44 bits per heavy atom. The lowest BCUT2D eigenvalue weighted by molar-refractivity contribution is 0.455. The minimum atomic E-state index is 0.658. The molecule has 0 saturated heterocycles. The Balaban J connectivity index is 2.02. The molecule has 0 aromatic heterocycles. The monoisotopic (exact) mass is 217 g/mol. The molecule has 0 unspecified atom stereocenters. The molecule has 1 aliphatic rings. The highest BCUT2D eigenvalue weighted by molar-refractivity contribution is 5.25. The summed E-state index contributed by atoms with van der Waals surface area (Å²) in [5.74, 6) is 0.798. The van der Waals surface area contributed by atoms with Gasteiger partial charge in [0.25, 0.3) is 0 Å². The molecule has 0 amide bonds. The van der Waals surface area contributed by atoms with Gasteiger partial charge in [-0.2, -0.15) is 0 Å². The zero-order valence-electron chi connectivity index (χ0n) is 10.1. The summed E-state index contributed by atoms with van der Waals surface area (Å²) in [5.41, 5.74) is 8.40. The molecule has 2 N–H and O–H groups in total. The van der Waals surface area contributed by atoms with Gasteiger partial charge in [-0.15, -0.1) is 0 Å². The summed E-state index contributed by atoms with van der Waals surface area (Å²) in [4.78, 5) is 0. The third-order valence-electron chi connectivity index (χ3n) is 3.79. The standard InChI is InChI=1S/C15H23N/c16-12-13-8-10-15(11-9-13)14-6-4-2-1-3-5-7-14/h8-11,14H,1-7,12,16H2. The average molecular weight is 217 g/mol. The zero-order valence-corrected chi connectivity index (χ0v) is 10.1. The lowest BCUT2D eigenvalue weighted by Gasteiger charge is -2.20. The molecule has 1 heteroatoms. The van der Waals surface area contributed by atoms with Crippen molar-refractivity contribution in [3.05, 3.63) is 35.4 Å². The second-order valence-electron chi connectivity index (χ2n) is 4.99. The molecule has 0 heterocycles. The van der Waals surface area contributed by atoms with Gasteiger partial charge in [-0.1, -0.05) is 56.4 Å². The van der Waals surface area contributed by atoms with E-state index in [1.807, 2.05) is 0 Å². The van der Waals surface area contributed by atoms with E-state index < -0.39 is 0 Å². The highest BCUT2D eigenvalue weighted by Crippen LogP contribution is 2.30. The molecule has 0 atom stereocenters. The smallest absolute Gasteiger partial charge is 0.0178 e. The molecule has 1 saturated carbocycles. The molecule has 0 radical (unpaired) electrons. The quantitative estimate of drug-likeness (QED) is 0.797. The molecule has 1 aromatic rings. The first-order valence-corrected chi connectivity index (χ1v) is 6.69. The van der Waals surface area contributed by atoms with Gasteiger partial charge in [-0.3, -0.25) is 0 Å². The lowest BCUT2D eigenvalue weighted by Crippen LogP contribution is -2.03. The SMILES string of the molecule is NCc1ccc(C2CCCCCCC2)cc1. The Morgan fingerprint density at radius 1 is 0.875 bits per heavy atom. The lowest BCUT2D eigenvalue weighted by atomic mass is 9.86. The van der Waals surface area contributed by atoms with Crippen molar-refractivity contribution in [3.8, 4) is 0 Å². The van der Waals surface area contributed by atoms with Gasteiger partial charge >= 0.3 is 0 Å². The Bertz CT molecular complexity index is 294. The molecule has 1 aromatic carbocycles. The molecule has 1 nitrogen and oxygen atoms in total. The highest BCUT2D eigenvalue weighted by atomic mass is 14.5. The van der Waals surface area contributed by atoms with Crippen molar-refractivity contribution in [2.24, 2.45) is 5.73 Å². The zero-order chi connectivity index (χ0) is 11.2. The van der Waals surface area contributed by atoms with Crippen LogP contribution in [0, 0.1) is 0 Å². The van der Waals surface area contributed by atoms with E-state index in [0.29, 0.717) is 6.54 Å². The number of nitrogens with two attached hydrogens (primary N) is 1. The summed E-state index contributed by atoms with van der Waals surface area (Å²) in [6.45, 7) is 0.658. The fraction of sp³-hybridized carbons (Fsp3) is 0.600. The van der Waals surface area contributed by atoms with Crippen molar-refractivity contribution in [2.75, 3.05) is 0 Å². The summed E-state index contributed by atoms with van der Waals surface area (Å²) in [6.07, 6.45) is 9.87. The predicted octanol–water partition coefficient (Wildman–Crippen LogP) is 3.97. The van der Waals surface area contributed by atoms with Crippen LogP contribution in [0.2, 0.25) is 0 Å². The van der Waals surface area contributed by atoms with Crippen LogP contribution in [0.4, 0.5) is 0 Å². The van der Waals surface area contributed by atoms with Gasteiger partial charge in [-0.25, -0.2) is 0 Å². The Morgan fingerprint density at radius 3 is 2.00 bits per heavy atom. The van der Waals surface area contributed by atoms with Gasteiger partial charge in [-0.05, 0) is 29.9 Å². The van der Waals surface area contributed by atoms with E-state index in [-0.39, 0.29) is 0 Å². The fourth-order valence-corrected chi connectivity index (χ4v) is 2.72. The van der Waals surface area contributed by atoms with E-state index in [4.69, 9.17) is 5.73 Å². The average Bonchev–Trinajstić information content (AvgIpc) is 2.29. The molecule has 0 aliphatic heterocycles. The number of benzene rings is 1. The van der Waals surface area contributed by atoms with Gasteiger partial charge < -0.3 is 5.73 Å². The van der Waals surface area contributed by atoms with Crippen LogP contribution in [0.15, 0.2) is 24.3 Å². The largest absolute Gasteiger partial charge is 0.326 e. The number of hydrogen-bond acceptors (Lipinski definition) is 1.